The Morgan fingerprint density at radius 2 is 1.71 bits per heavy atom. The standard InChI is InChI=1S/C23H22F2N6/c1-30-10-12-31(13-11-30)20-7-6-17(14-19(20)25)27-23-28-21(15-2-4-16(24)5-3-15)18-8-9-26-22(18)29-23/h2-9,14H,10-13H2,1H3,(H2,26,27,28,29). The van der Waals surface area contributed by atoms with Crippen LogP contribution in [0.5, 0.6) is 0 Å². The predicted octanol–water partition coefficient (Wildman–Crippen LogP) is 4.40. The van der Waals surface area contributed by atoms with E-state index in [2.05, 4.69) is 37.1 Å². The van der Waals surface area contributed by atoms with Gasteiger partial charge in [0, 0.05) is 49.0 Å². The molecule has 3 heterocycles. The summed E-state index contributed by atoms with van der Waals surface area (Å²) in [7, 11) is 2.07. The molecular formula is C23H22F2N6. The summed E-state index contributed by atoms with van der Waals surface area (Å²) in [5, 5.41) is 3.93. The van der Waals surface area contributed by atoms with Gasteiger partial charge in [-0.15, -0.1) is 0 Å². The van der Waals surface area contributed by atoms with Crippen LogP contribution in [0.3, 0.4) is 0 Å². The number of halogens is 2. The molecule has 0 spiro atoms. The van der Waals surface area contributed by atoms with Gasteiger partial charge in [0.15, 0.2) is 0 Å². The maximum absolute atomic E-state index is 14.8. The van der Waals surface area contributed by atoms with Gasteiger partial charge >= 0.3 is 0 Å². The molecule has 158 valence electrons. The molecule has 4 aromatic rings. The Bertz CT molecular complexity index is 1210. The number of H-pyrrole nitrogens is 1. The van der Waals surface area contributed by atoms with Crippen molar-refractivity contribution in [2.24, 2.45) is 0 Å². The molecule has 2 aromatic heterocycles. The first-order valence-electron chi connectivity index (χ1n) is 10.2. The number of anilines is 3. The second-order valence-electron chi connectivity index (χ2n) is 7.72. The van der Waals surface area contributed by atoms with Crippen molar-refractivity contribution < 1.29 is 8.78 Å². The normalized spacial score (nSPS) is 14.9. The van der Waals surface area contributed by atoms with Crippen LogP contribution in [0.15, 0.2) is 54.7 Å². The van der Waals surface area contributed by atoms with E-state index in [4.69, 9.17) is 0 Å². The van der Waals surface area contributed by atoms with E-state index in [1.54, 1.807) is 24.4 Å². The molecule has 0 aliphatic carbocycles. The van der Waals surface area contributed by atoms with Crippen molar-refractivity contribution >= 4 is 28.4 Å². The van der Waals surface area contributed by atoms with Crippen LogP contribution in [0.4, 0.5) is 26.1 Å². The van der Waals surface area contributed by atoms with Gasteiger partial charge in [-0.3, -0.25) is 0 Å². The number of benzene rings is 2. The number of aromatic amines is 1. The first kappa shape index (κ1) is 19.4. The second kappa shape index (κ2) is 7.96. The molecule has 1 fully saturated rings. The van der Waals surface area contributed by atoms with Gasteiger partial charge in [-0.2, -0.15) is 4.98 Å². The average Bonchev–Trinajstić information content (AvgIpc) is 3.23. The molecule has 0 amide bonds. The highest BCUT2D eigenvalue weighted by Gasteiger charge is 2.18. The van der Waals surface area contributed by atoms with Gasteiger partial charge in [-0.1, -0.05) is 0 Å². The van der Waals surface area contributed by atoms with Gasteiger partial charge in [-0.25, -0.2) is 13.8 Å². The van der Waals surface area contributed by atoms with Crippen molar-refractivity contribution in [1.29, 1.82) is 0 Å². The third-order valence-corrected chi connectivity index (χ3v) is 5.58. The van der Waals surface area contributed by atoms with Crippen molar-refractivity contribution in [3.63, 3.8) is 0 Å². The number of rotatable bonds is 4. The van der Waals surface area contributed by atoms with Gasteiger partial charge in [-0.05, 0) is 55.6 Å². The summed E-state index contributed by atoms with van der Waals surface area (Å²) in [4.78, 5) is 16.5. The largest absolute Gasteiger partial charge is 0.367 e. The Hall–Kier alpha value is -3.52. The number of aromatic nitrogens is 3. The maximum atomic E-state index is 14.8. The van der Waals surface area contributed by atoms with Gasteiger partial charge in [0.1, 0.15) is 17.3 Å². The minimum atomic E-state index is -0.308. The van der Waals surface area contributed by atoms with E-state index < -0.39 is 0 Å². The topological polar surface area (TPSA) is 60.1 Å². The van der Waals surface area contributed by atoms with Crippen molar-refractivity contribution in [1.82, 2.24) is 19.9 Å². The Morgan fingerprint density at radius 3 is 2.45 bits per heavy atom. The van der Waals surface area contributed by atoms with Crippen LogP contribution in [0, 0.1) is 11.6 Å². The summed E-state index contributed by atoms with van der Waals surface area (Å²) in [5.74, 6) is -0.257. The number of fused-ring (bicyclic) bond motifs is 1. The fourth-order valence-electron chi connectivity index (χ4n) is 3.84. The Morgan fingerprint density at radius 1 is 0.935 bits per heavy atom. The molecule has 0 unspecified atom stereocenters. The van der Waals surface area contributed by atoms with Crippen molar-refractivity contribution in [2.75, 3.05) is 43.4 Å². The molecule has 8 heteroatoms. The van der Waals surface area contributed by atoms with Crippen LogP contribution >= 0.6 is 0 Å². The van der Waals surface area contributed by atoms with E-state index in [0.29, 0.717) is 28.7 Å². The van der Waals surface area contributed by atoms with Crippen LogP contribution < -0.4 is 10.2 Å². The molecule has 31 heavy (non-hydrogen) atoms. The highest BCUT2D eigenvalue weighted by molar-refractivity contribution is 5.91. The highest BCUT2D eigenvalue weighted by atomic mass is 19.1. The zero-order valence-corrected chi connectivity index (χ0v) is 17.1. The smallest absolute Gasteiger partial charge is 0.229 e. The number of nitrogens with zero attached hydrogens (tertiary/aromatic N) is 4. The number of piperazine rings is 1. The lowest BCUT2D eigenvalue weighted by molar-refractivity contribution is 0.311. The molecule has 1 saturated heterocycles. The van der Waals surface area contributed by atoms with E-state index in [1.165, 1.54) is 18.2 Å². The Kier molecular flexibility index (Phi) is 4.99. The summed E-state index contributed by atoms with van der Waals surface area (Å²) >= 11 is 0. The lowest BCUT2D eigenvalue weighted by Crippen LogP contribution is -2.44. The maximum Gasteiger partial charge on any atom is 0.229 e. The lowest BCUT2D eigenvalue weighted by Gasteiger charge is -2.34. The van der Waals surface area contributed by atoms with Gasteiger partial charge in [0.2, 0.25) is 5.95 Å². The Labute approximate surface area is 178 Å². The van der Waals surface area contributed by atoms with Crippen LogP contribution in [0.25, 0.3) is 22.3 Å². The summed E-state index contributed by atoms with van der Waals surface area (Å²) in [5.41, 5.74) is 3.25. The minimum absolute atomic E-state index is 0.283. The van der Waals surface area contributed by atoms with Crippen LogP contribution in [-0.2, 0) is 0 Å². The zero-order valence-electron chi connectivity index (χ0n) is 17.1. The van der Waals surface area contributed by atoms with Crippen LogP contribution in [0.1, 0.15) is 0 Å². The molecule has 5 rings (SSSR count). The molecule has 2 aromatic carbocycles. The molecule has 0 radical (unpaired) electrons. The molecule has 1 aliphatic heterocycles. The highest BCUT2D eigenvalue weighted by Crippen LogP contribution is 2.29. The summed E-state index contributed by atoms with van der Waals surface area (Å²) in [6.45, 7) is 3.42. The predicted molar refractivity (Wildman–Crippen MR) is 119 cm³/mol. The van der Waals surface area contributed by atoms with Crippen molar-refractivity contribution in [3.05, 3.63) is 66.4 Å². The fourth-order valence-corrected chi connectivity index (χ4v) is 3.84. The number of nitrogens with one attached hydrogen (secondary N) is 2. The third-order valence-electron chi connectivity index (χ3n) is 5.58. The SMILES string of the molecule is CN1CCN(c2ccc(Nc3nc(-c4ccc(F)cc4)c4cc[nH]c4n3)cc2F)CC1. The van der Waals surface area contributed by atoms with Gasteiger partial charge in [0.05, 0.1) is 11.4 Å². The lowest BCUT2D eigenvalue weighted by atomic mass is 10.1. The molecule has 0 saturated carbocycles. The minimum Gasteiger partial charge on any atom is -0.367 e. The zero-order chi connectivity index (χ0) is 21.4. The van der Waals surface area contributed by atoms with Crippen molar-refractivity contribution in [2.45, 2.75) is 0 Å². The monoisotopic (exact) mass is 420 g/mol. The summed E-state index contributed by atoms with van der Waals surface area (Å²) in [6, 6.07) is 13.1. The number of hydrogen-bond acceptors (Lipinski definition) is 5. The van der Waals surface area contributed by atoms with E-state index >= 15 is 0 Å². The quantitative estimate of drug-likeness (QED) is 0.513. The first-order chi connectivity index (χ1) is 15.1. The van der Waals surface area contributed by atoms with E-state index in [-0.39, 0.29) is 11.6 Å². The van der Waals surface area contributed by atoms with Crippen LogP contribution in [-0.4, -0.2) is 53.1 Å². The van der Waals surface area contributed by atoms with E-state index in [0.717, 1.165) is 37.1 Å². The van der Waals surface area contributed by atoms with Crippen LogP contribution in [0.2, 0.25) is 0 Å². The number of hydrogen-bond donors (Lipinski definition) is 2. The molecule has 6 nitrogen and oxygen atoms in total. The Balaban J connectivity index is 1.44. The van der Waals surface area contributed by atoms with Crippen molar-refractivity contribution in [3.8, 4) is 11.3 Å². The molecule has 0 atom stereocenters. The van der Waals surface area contributed by atoms with Gasteiger partial charge in [0.25, 0.3) is 0 Å². The fraction of sp³-hybridized carbons (Fsp3) is 0.217. The summed E-state index contributed by atoms with van der Waals surface area (Å²) in [6.07, 6.45) is 1.78. The second-order valence-corrected chi connectivity index (χ2v) is 7.72. The molecule has 1 aliphatic rings. The molecule has 0 bridgehead atoms. The molecule has 2 N–H and O–H groups in total. The van der Waals surface area contributed by atoms with E-state index in [9.17, 15) is 8.78 Å². The molecular weight excluding hydrogens is 398 g/mol. The number of likely N-dealkylation sites (N-methyl/N-ethyl adjacent to an activating group) is 1. The third kappa shape index (κ3) is 3.94. The van der Waals surface area contributed by atoms with Gasteiger partial charge < -0.3 is 20.1 Å². The average molecular weight is 420 g/mol. The summed E-state index contributed by atoms with van der Waals surface area (Å²) < 4.78 is 28.2. The first-order valence-corrected chi connectivity index (χ1v) is 10.2. The van der Waals surface area contributed by atoms with E-state index in [1.807, 2.05) is 12.1 Å².